The molecular weight excluding hydrogens is 1020 g/mol. The molecule has 6 aromatic heterocycles. The summed E-state index contributed by atoms with van der Waals surface area (Å²) in [5.41, 5.74) is 6.83. The average molecular weight is 1060 g/mol. The van der Waals surface area contributed by atoms with E-state index in [1.807, 2.05) is 53.6 Å². The first-order valence-electron chi connectivity index (χ1n) is 22.4. The van der Waals surface area contributed by atoms with Gasteiger partial charge in [0.25, 0.3) is 11.8 Å². The van der Waals surface area contributed by atoms with Crippen LogP contribution in [0.25, 0.3) is 33.2 Å². The Balaban J connectivity index is 0.000000170. The van der Waals surface area contributed by atoms with Gasteiger partial charge in [0.2, 0.25) is 11.9 Å². The van der Waals surface area contributed by atoms with E-state index in [1.165, 1.54) is 36.9 Å². The molecule has 0 saturated carbocycles. The Bertz CT molecular complexity index is 3610. The van der Waals surface area contributed by atoms with E-state index in [0.717, 1.165) is 22.1 Å². The largest absolute Gasteiger partial charge is 0.488 e. The van der Waals surface area contributed by atoms with Crippen molar-refractivity contribution >= 4 is 85.7 Å². The number of nitrogens with zero attached hydrogens (tertiary/aromatic N) is 8. The number of imidazole rings is 2. The van der Waals surface area contributed by atoms with Gasteiger partial charge in [0, 0.05) is 107 Å². The van der Waals surface area contributed by atoms with E-state index in [2.05, 4.69) is 67.1 Å². The molecule has 0 aliphatic carbocycles. The fourth-order valence-electron chi connectivity index (χ4n) is 7.16. The van der Waals surface area contributed by atoms with E-state index < -0.39 is 7.12 Å². The number of hydrogen-bond donors (Lipinski definition) is 6. The monoisotopic (exact) mass is 1060 g/mol. The molecule has 0 unspecified atom stereocenters. The fraction of sp³-hybridized carbons (Fsp3) is 0.0769. The summed E-state index contributed by atoms with van der Waals surface area (Å²) in [4.78, 5) is 48.6. The number of pyridine rings is 4. The predicted octanol–water partition coefficient (Wildman–Crippen LogP) is 8.59. The minimum atomic E-state index is -1.38. The number of nitrogens with one attached hydrogen (secondary N) is 4. The van der Waals surface area contributed by atoms with Gasteiger partial charge in [-0.1, -0.05) is 0 Å². The number of benzene rings is 4. The number of aryl methyl sites for hydroxylation is 2. The minimum absolute atomic E-state index is 0.265. The summed E-state index contributed by atoms with van der Waals surface area (Å²) in [6, 6.07) is 33.7. The highest BCUT2D eigenvalue weighted by atomic mass is 79.9. The van der Waals surface area contributed by atoms with Crippen molar-refractivity contribution in [2.75, 3.05) is 24.7 Å². The third kappa shape index (κ3) is 12.5. The first-order valence-corrected chi connectivity index (χ1v) is 23.2. The van der Waals surface area contributed by atoms with E-state index >= 15 is 0 Å². The van der Waals surface area contributed by atoms with Crippen molar-refractivity contribution < 1.29 is 37.9 Å². The van der Waals surface area contributed by atoms with Crippen LogP contribution in [0.5, 0.6) is 23.0 Å². The van der Waals surface area contributed by atoms with E-state index in [1.54, 1.807) is 105 Å². The lowest BCUT2D eigenvalue weighted by Crippen LogP contribution is -2.29. The topological polar surface area (TPSA) is 228 Å². The molecule has 0 spiro atoms. The summed E-state index contributed by atoms with van der Waals surface area (Å²) in [5, 5.41) is 28.6. The van der Waals surface area contributed by atoms with Crippen LogP contribution in [0.1, 0.15) is 21.0 Å². The molecular formula is C52H44BBrF2N12O6. The number of carbonyl (C=O) groups excluding carboxylic acids is 2. The lowest BCUT2D eigenvalue weighted by molar-refractivity contribution is 0.0950. The Kier molecular flexibility index (Phi) is 16.2. The van der Waals surface area contributed by atoms with Crippen molar-refractivity contribution in [2.45, 2.75) is 0 Å². The Hall–Kier alpha value is -9.12. The van der Waals surface area contributed by atoms with Crippen molar-refractivity contribution in [3.05, 3.63) is 186 Å². The smallest absolute Gasteiger partial charge is 0.457 e. The summed E-state index contributed by atoms with van der Waals surface area (Å²) in [5.74, 6) is 2.09. The van der Waals surface area contributed by atoms with Crippen molar-refractivity contribution in [3.63, 3.8) is 0 Å². The Labute approximate surface area is 430 Å². The molecule has 18 nitrogen and oxygen atoms in total. The molecule has 22 heteroatoms. The number of rotatable bonds is 12. The zero-order chi connectivity index (χ0) is 52.3. The van der Waals surface area contributed by atoms with Crippen LogP contribution in [-0.4, -0.2) is 82.1 Å². The average Bonchev–Trinajstić information content (AvgIpc) is 3.90. The van der Waals surface area contributed by atoms with Gasteiger partial charge < -0.3 is 49.9 Å². The third-order valence-corrected chi connectivity index (χ3v) is 11.6. The molecule has 10 rings (SSSR count). The number of fused-ring (bicyclic) bond motifs is 2. The Morgan fingerprint density at radius 3 is 1.49 bits per heavy atom. The van der Waals surface area contributed by atoms with Crippen LogP contribution in [-0.2, 0) is 14.1 Å². The summed E-state index contributed by atoms with van der Waals surface area (Å²) < 4.78 is 43.9. The van der Waals surface area contributed by atoms with Crippen LogP contribution >= 0.6 is 15.9 Å². The molecule has 74 heavy (non-hydrogen) atoms. The predicted molar refractivity (Wildman–Crippen MR) is 281 cm³/mol. The van der Waals surface area contributed by atoms with Crippen molar-refractivity contribution in [1.82, 2.24) is 49.7 Å². The number of anilines is 4. The summed E-state index contributed by atoms with van der Waals surface area (Å²) in [7, 11) is 5.49. The van der Waals surface area contributed by atoms with Gasteiger partial charge in [-0.05, 0) is 124 Å². The van der Waals surface area contributed by atoms with E-state index in [-0.39, 0.29) is 34.8 Å². The van der Waals surface area contributed by atoms with Gasteiger partial charge in [-0.15, -0.1) is 0 Å². The molecule has 0 aliphatic rings. The van der Waals surface area contributed by atoms with Crippen molar-refractivity contribution in [1.29, 1.82) is 0 Å². The standard InChI is InChI=1S/C26H21FN6O2.C21H17BrFN5O2.C5H6BNO2/c1-28-25(34)23-15-19(9-12-30-23)35-18-4-6-24-22(14-18)32-26(33(24)2)31-17-3-5-21(27)20(13-17)16-7-10-29-11-8-16;1-24-20(29)18-11-14(7-8-25-18)30-13-4-6-19-17(10-13)27-21(28(19)2)26-12-3-5-16(23)15(22)9-12;8-6(9)5-1-3-7-4-2-5/h3-15H,1-2H3,(H,28,34)(H,31,32);3-11H,1-2H3,(H,24,29)(H,26,27);1-4,8-9H. The lowest BCUT2D eigenvalue weighted by Gasteiger charge is -2.09. The molecule has 0 aliphatic heterocycles. The van der Waals surface area contributed by atoms with Crippen molar-refractivity contribution in [3.8, 4) is 34.1 Å². The highest BCUT2D eigenvalue weighted by Crippen LogP contribution is 2.32. The molecule has 0 fully saturated rings. The van der Waals surface area contributed by atoms with Crippen molar-refractivity contribution in [2.24, 2.45) is 14.1 Å². The number of hydrogen-bond acceptors (Lipinski definition) is 14. The summed E-state index contributed by atoms with van der Waals surface area (Å²) in [6.45, 7) is 0. The van der Waals surface area contributed by atoms with Gasteiger partial charge in [-0.2, -0.15) is 0 Å². The number of halogens is 3. The van der Waals surface area contributed by atoms with Gasteiger partial charge in [-0.3, -0.25) is 29.5 Å². The minimum Gasteiger partial charge on any atom is -0.457 e. The maximum Gasteiger partial charge on any atom is 0.488 e. The maximum atomic E-state index is 14.4. The lowest BCUT2D eigenvalue weighted by atomic mass is 9.81. The number of ether oxygens (including phenoxy) is 2. The zero-order valence-corrected chi connectivity index (χ0v) is 41.4. The molecule has 0 atom stereocenters. The molecule has 372 valence electrons. The molecule has 4 aromatic carbocycles. The molecule has 0 bridgehead atoms. The van der Waals surface area contributed by atoms with Crippen LogP contribution in [0.3, 0.4) is 0 Å². The number of aromatic nitrogens is 8. The summed E-state index contributed by atoms with van der Waals surface area (Å²) in [6.07, 6.45) is 9.31. The molecule has 0 radical (unpaired) electrons. The molecule has 10 aromatic rings. The van der Waals surface area contributed by atoms with Crippen LogP contribution in [0.15, 0.2) is 163 Å². The highest BCUT2D eigenvalue weighted by molar-refractivity contribution is 9.10. The second-order valence-electron chi connectivity index (χ2n) is 15.9. The number of carbonyl (C=O) groups is 2. The first-order chi connectivity index (χ1) is 35.8. The molecule has 6 N–H and O–H groups in total. The second kappa shape index (κ2) is 23.4. The van der Waals surface area contributed by atoms with Crippen LogP contribution in [0.2, 0.25) is 0 Å². The second-order valence-corrected chi connectivity index (χ2v) is 16.7. The van der Waals surface area contributed by atoms with Crippen LogP contribution in [0, 0.1) is 11.6 Å². The quantitative estimate of drug-likeness (QED) is 0.0630. The SMILES string of the molecule is CNC(=O)c1cc(Oc2ccc3c(c2)nc(Nc2ccc(F)c(-c4ccncc4)c2)n3C)ccn1.CNC(=O)c1cc(Oc2ccc3c(c2)nc(Nc2ccc(F)c(Br)c2)n3C)ccn1.OB(O)c1ccncc1. The van der Waals surface area contributed by atoms with Crippen LogP contribution < -0.4 is 36.2 Å². The van der Waals surface area contributed by atoms with Gasteiger partial charge in [0.1, 0.15) is 46.0 Å². The maximum absolute atomic E-state index is 14.4. The molecule has 2 amide bonds. The normalized spacial score (nSPS) is 10.6. The fourth-order valence-corrected chi connectivity index (χ4v) is 7.54. The molecule has 6 heterocycles. The zero-order valence-electron chi connectivity index (χ0n) is 39.8. The molecule has 0 saturated heterocycles. The van der Waals surface area contributed by atoms with Gasteiger partial charge in [-0.25, -0.2) is 18.7 Å². The number of amides is 2. The highest BCUT2D eigenvalue weighted by Gasteiger charge is 2.15. The Morgan fingerprint density at radius 2 is 1.03 bits per heavy atom. The van der Waals surface area contributed by atoms with Gasteiger partial charge in [0.05, 0.1) is 26.5 Å². The van der Waals surface area contributed by atoms with Crippen LogP contribution in [0.4, 0.5) is 32.1 Å². The van der Waals surface area contributed by atoms with E-state index in [4.69, 9.17) is 19.5 Å². The van der Waals surface area contributed by atoms with E-state index in [9.17, 15) is 18.4 Å². The Morgan fingerprint density at radius 1 is 0.568 bits per heavy atom. The summed E-state index contributed by atoms with van der Waals surface area (Å²) >= 11 is 3.18. The van der Waals surface area contributed by atoms with Gasteiger partial charge in [0.15, 0.2) is 0 Å². The third-order valence-electron chi connectivity index (χ3n) is 11.0. The first kappa shape index (κ1) is 51.2. The van der Waals surface area contributed by atoms with E-state index in [0.29, 0.717) is 67.3 Å². The van der Waals surface area contributed by atoms with Gasteiger partial charge >= 0.3 is 7.12 Å².